The average Bonchev–Trinajstić information content (AvgIpc) is 2.96. The van der Waals surface area contributed by atoms with Crippen LogP contribution in [0.3, 0.4) is 0 Å². The minimum absolute atomic E-state index is 0.145. The first-order valence-electron chi connectivity index (χ1n) is 6.25. The maximum Gasteiger partial charge on any atom is 0.251 e. The third-order valence-electron chi connectivity index (χ3n) is 2.86. The van der Waals surface area contributed by atoms with Crippen LogP contribution >= 0.6 is 11.6 Å². The predicted molar refractivity (Wildman–Crippen MR) is 80.1 cm³/mol. The minimum Gasteiger partial charge on any atom is -0.417 e. The van der Waals surface area contributed by atoms with Crippen molar-refractivity contribution >= 4 is 23.8 Å². The van der Waals surface area contributed by atoms with Crippen molar-refractivity contribution in [2.45, 2.75) is 0 Å². The molecule has 0 saturated heterocycles. The van der Waals surface area contributed by atoms with Gasteiger partial charge >= 0.3 is 0 Å². The zero-order valence-corrected chi connectivity index (χ0v) is 11.6. The normalized spacial score (nSPS) is 11.1. The van der Waals surface area contributed by atoms with E-state index in [-0.39, 0.29) is 17.3 Å². The van der Waals surface area contributed by atoms with Crippen molar-refractivity contribution in [2.75, 3.05) is 0 Å². The molecule has 0 aliphatic carbocycles. The van der Waals surface area contributed by atoms with Crippen molar-refractivity contribution in [1.29, 1.82) is 0 Å². The molecule has 1 heterocycles. The first-order chi connectivity index (χ1) is 10.2. The Hall–Kier alpha value is -2.46. The van der Waals surface area contributed by atoms with Gasteiger partial charge in [-0.05, 0) is 29.8 Å². The van der Waals surface area contributed by atoms with Gasteiger partial charge in [-0.1, -0.05) is 41.9 Å². The molecule has 104 valence electrons. The average molecular weight is 301 g/mol. The number of benzene rings is 2. The molecular weight excluding hydrogens is 291 g/mol. The highest BCUT2D eigenvalue weighted by atomic mass is 35.5. The molecular formula is C16H10ClFN2O. The summed E-state index contributed by atoms with van der Waals surface area (Å²) in [5.74, 6) is 0.0304. The van der Waals surface area contributed by atoms with Crippen LogP contribution in [0.1, 0.15) is 11.5 Å². The van der Waals surface area contributed by atoms with E-state index in [2.05, 4.69) is 10.2 Å². The number of nitrogens with zero attached hydrogens (tertiary/aromatic N) is 2. The molecule has 2 aromatic carbocycles. The zero-order valence-electron chi connectivity index (χ0n) is 10.8. The first kappa shape index (κ1) is 13.5. The standard InChI is InChI=1S/C16H10ClFN2O/c17-13-7-3-1-5-11(13)9-10-15-19-20-16(21-15)12-6-2-4-8-14(12)18/h1-10H/b10-9+. The fourth-order valence-electron chi connectivity index (χ4n) is 1.82. The second kappa shape index (κ2) is 5.89. The van der Waals surface area contributed by atoms with Gasteiger partial charge in [-0.15, -0.1) is 10.2 Å². The molecule has 0 radical (unpaired) electrons. The van der Waals surface area contributed by atoms with Crippen LogP contribution in [0.25, 0.3) is 23.6 Å². The lowest BCUT2D eigenvalue weighted by atomic mass is 10.2. The maximum absolute atomic E-state index is 13.6. The van der Waals surface area contributed by atoms with E-state index in [1.165, 1.54) is 6.07 Å². The Balaban J connectivity index is 1.86. The zero-order chi connectivity index (χ0) is 14.7. The monoisotopic (exact) mass is 300 g/mol. The molecule has 5 heteroatoms. The number of halogens is 2. The van der Waals surface area contributed by atoms with Gasteiger partial charge in [0, 0.05) is 11.1 Å². The first-order valence-corrected chi connectivity index (χ1v) is 6.63. The van der Waals surface area contributed by atoms with Crippen LogP contribution in [0.2, 0.25) is 5.02 Å². The van der Waals surface area contributed by atoms with Gasteiger partial charge < -0.3 is 4.42 Å². The van der Waals surface area contributed by atoms with Crippen molar-refractivity contribution in [3.63, 3.8) is 0 Å². The molecule has 0 bridgehead atoms. The summed E-state index contributed by atoms with van der Waals surface area (Å²) in [6.45, 7) is 0. The fraction of sp³-hybridized carbons (Fsp3) is 0. The number of aromatic nitrogens is 2. The van der Waals surface area contributed by atoms with E-state index in [4.69, 9.17) is 16.0 Å². The molecule has 1 aromatic heterocycles. The summed E-state index contributed by atoms with van der Waals surface area (Å²) in [4.78, 5) is 0. The smallest absolute Gasteiger partial charge is 0.251 e. The lowest BCUT2D eigenvalue weighted by Crippen LogP contribution is -1.82. The Kier molecular flexibility index (Phi) is 3.79. The molecule has 0 amide bonds. The van der Waals surface area contributed by atoms with Gasteiger partial charge in [0.05, 0.1) is 5.56 Å². The summed E-state index contributed by atoms with van der Waals surface area (Å²) in [5, 5.41) is 8.33. The van der Waals surface area contributed by atoms with E-state index in [0.717, 1.165) is 5.56 Å². The van der Waals surface area contributed by atoms with Crippen molar-refractivity contribution in [1.82, 2.24) is 10.2 Å². The summed E-state index contributed by atoms with van der Waals surface area (Å²) in [7, 11) is 0. The van der Waals surface area contributed by atoms with Crippen molar-refractivity contribution in [2.24, 2.45) is 0 Å². The van der Waals surface area contributed by atoms with Crippen LogP contribution in [-0.4, -0.2) is 10.2 Å². The van der Waals surface area contributed by atoms with Crippen molar-refractivity contribution < 1.29 is 8.81 Å². The predicted octanol–water partition coefficient (Wildman–Crippen LogP) is 4.70. The van der Waals surface area contributed by atoms with Crippen LogP contribution in [0.4, 0.5) is 4.39 Å². The molecule has 0 fully saturated rings. The molecule has 3 aromatic rings. The van der Waals surface area contributed by atoms with Crippen LogP contribution in [0.15, 0.2) is 52.9 Å². The molecule has 0 spiro atoms. The topological polar surface area (TPSA) is 38.9 Å². The number of hydrogen-bond donors (Lipinski definition) is 0. The Bertz CT molecular complexity index is 798. The molecule has 0 atom stereocenters. The van der Waals surface area contributed by atoms with Gasteiger partial charge in [0.1, 0.15) is 5.82 Å². The molecule has 0 unspecified atom stereocenters. The van der Waals surface area contributed by atoms with Crippen LogP contribution in [-0.2, 0) is 0 Å². The van der Waals surface area contributed by atoms with Gasteiger partial charge in [-0.25, -0.2) is 4.39 Å². The van der Waals surface area contributed by atoms with E-state index in [1.54, 1.807) is 36.4 Å². The summed E-state index contributed by atoms with van der Waals surface area (Å²) < 4.78 is 19.0. The number of rotatable bonds is 3. The Morgan fingerprint density at radius 2 is 1.71 bits per heavy atom. The second-order valence-corrected chi connectivity index (χ2v) is 4.69. The quantitative estimate of drug-likeness (QED) is 0.704. The van der Waals surface area contributed by atoms with Crippen LogP contribution in [0.5, 0.6) is 0 Å². The van der Waals surface area contributed by atoms with E-state index in [9.17, 15) is 4.39 Å². The lowest BCUT2D eigenvalue weighted by Gasteiger charge is -1.95. The summed E-state index contributed by atoms with van der Waals surface area (Å²) in [5.41, 5.74) is 1.12. The molecule has 3 nitrogen and oxygen atoms in total. The largest absolute Gasteiger partial charge is 0.417 e. The summed E-state index contributed by atoms with van der Waals surface area (Å²) >= 11 is 6.04. The van der Waals surface area contributed by atoms with E-state index < -0.39 is 5.82 Å². The van der Waals surface area contributed by atoms with Crippen molar-refractivity contribution in [3.8, 4) is 11.5 Å². The Labute approximate surface area is 125 Å². The molecule has 0 N–H and O–H groups in total. The Morgan fingerprint density at radius 1 is 0.952 bits per heavy atom. The molecule has 0 aliphatic heterocycles. The van der Waals surface area contributed by atoms with E-state index in [0.29, 0.717) is 5.02 Å². The van der Waals surface area contributed by atoms with Gasteiger partial charge in [-0.2, -0.15) is 0 Å². The van der Waals surface area contributed by atoms with Crippen LogP contribution in [0, 0.1) is 5.82 Å². The number of hydrogen-bond acceptors (Lipinski definition) is 3. The Morgan fingerprint density at radius 3 is 2.52 bits per heavy atom. The third-order valence-corrected chi connectivity index (χ3v) is 3.20. The SMILES string of the molecule is Fc1ccccc1-c1nnc(/C=C/c2ccccc2Cl)o1. The molecule has 0 aliphatic rings. The second-order valence-electron chi connectivity index (χ2n) is 4.28. The van der Waals surface area contributed by atoms with Gasteiger partial charge in [0.15, 0.2) is 0 Å². The molecule has 21 heavy (non-hydrogen) atoms. The molecule has 3 rings (SSSR count). The highest BCUT2D eigenvalue weighted by Gasteiger charge is 2.10. The maximum atomic E-state index is 13.6. The third kappa shape index (κ3) is 3.01. The van der Waals surface area contributed by atoms with Crippen LogP contribution < -0.4 is 0 Å². The van der Waals surface area contributed by atoms with E-state index >= 15 is 0 Å². The summed E-state index contributed by atoms with van der Waals surface area (Å²) in [6.07, 6.45) is 3.40. The van der Waals surface area contributed by atoms with E-state index in [1.807, 2.05) is 18.2 Å². The summed E-state index contributed by atoms with van der Waals surface area (Å²) in [6, 6.07) is 13.6. The highest BCUT2D eigenvalue weighted by Crippen LogP contribution is 2.22. The fourth-order valence-corrected chi connectivity index (χ4v) is 2.02. The van der Waals surface area contributed by atoms with Crippen molar-refractivity contribution in [3.05, 3.63) is 70.8 Å². The molecule has 0 saturated carbocycles. The minimum atomic E-state index is -0.400. The van der Waals surface area contributed by atoms with Gasteiger partial charge in [0.25, 0.3) is 5.89 Å². The highest BCUT2D eigenvalue weighted by molar-refractivity contribution is 6.32. The van der Waals surface area contributed by atoms with Gasteiger partial charge in [-0.3, -0.25) is 0 Å². The lowest BCUT2D eigenvalue weighted by molar-refractivity contribution is 0.548. The van der Waals surface area contributed by atoms with Gasteiger partial charge in [0.2, 0.25) is 5.89 Å².